The third kappa shape index (κ3) is 35.3. The van der Waals surface area contributed by atoms with E-state index in [9.17, 15) is 33.9 Å². The maximum Gasteiger partial charge on any atom is 0.289 e. The van der Waals surface area contributed by atoms with Gasteiger partial charge in [-0.1, -0.05) is 174 Å². The fraction of sp³-hybridized carbons (Fsp3) is 0.280. The standard InChI is InChI=1S/C21H22N2O2S.C18H19N3O2S.C18H17N3O2S.C18H28O2.C16H16N2O2S.C16H15NO2S/c1-16(2)17-8-10-18(11-9-17)25-15-21(24)23(14-19-6-5-13-26-19)20-7-3-4-12-22-20;1-14-5-7-15(8-6-14)23-13-17(22)21(12-16-4-3-11-24-16)18-19-9-10-20(18)2;1-14-4-6-15(7-5-14)23-13-18(22)21(12-16-3-2-10-24-16)17-11-19-8-9-20-17;1-3-5-6-15(4-2)7-11-17(19)12-8-16-9-13-18(20)14-10-16;1-2-18(11-15-7-4-8-21-15)16(19)12-20-14-6-3-5-13(9-14)10-17;1-2-17(11-13-7-5-9-20-13)16(18)15-10-12-6-3-4-8-14(12)19-15/h3-13,16H,14-15H2,1-2H3;3-11H,12-13H2,1-2H3;2-11H,12-13H2,1H3;9-10,13-15,20H,3-8,11-12H2,1-2H3;3-9H,2,11-12H2,1H3;3-10H,2,11H2,1H3. The van der Waals surface area contributed by atoms with Crippen molar-refractivity contribution in [1.82, 2.24) is 34.3 Å². The van der Waals surface area contributed by atoms with Gasteiger partial charge in [-0.25, -0.2) is 15.0 Å². The molecular formula is C107H117N11O12S5. The zero-order valence-electron chi connectivity index (χ0n) is 77.8. The number of para-hydroxylation sites is 1. The molecule has 0 aliphatic carbocycles. The van der Waals surface area contributed by atoms with Gasteiger partial charge in [0.2, 0.25) is 5.95 Å². The van der Waals surface area contributed by atoms with Gasteiger partial charge in [-0.15, -0.1) is 56.7 Å². The Bertz CT molecular complexity index is 5970. The number of ether oxygens (including phenoxy) is 4. The number of hydrogen-bond acceptors (Lipinski definition) is 22. The first-order valence-corrected chi connectivity index (χ1v) is 49.3. The summed E-state index contributed by atoms with van der Waals surface area (Å²) in [6, 6.07) is 74.1. The molecule has 702 valence electrons. The maximum absolute atomic E-state index is 12.8. The molecule has 0 fully saturated rings. The molecule has 1 atom stereocenters. The van der Waals surface area contributed by atoms with E-state index in [1.165, 1.54) is 36.1 Å². The number of furan rings is 1. The molecule has 15 rings (SSSR count). The number of thiophene rings is 5. The first kappa shape index (κ1) is 103. The summed E-state index contributed by atoms with van der Waals surface area (Å²) in [5, 5.41) is 29.0. The molecule has 0 radical (unpaired) electrons. The van der Waals surface area contributed by atoms with Crippen molar-refractivity contribution in [2.75, 3.05) is 54.2 Å². The lowest BCUT2D eigenvalue weighted by molar-refractivity contribution is -0.133. The number of pyridine rings is 1. The van der Waals surface area contributed by atoms with E-state index < -0.39 is 0 Å². The number of phenols is 1. The number of aromatic nitrogens is 5. The molecule has 9 aromatic heterocycles. The highest BCUT2D eigenvalue weighted by Crippen LogP contribution is 2.28. The summed E-state index contributed by atoms with van der Waals surface area (Å²) in [4.78, 5) is 106. The van der Waals surface area contributed by atoms with Crippen molar-refractivity contribution in [3.05, 3.63) is 353 Å². The Hall–Kier alpha value is -13.7. The van der Waals surface area contributed by atoms with Gasteiger partial charge in [-0.3, -0.25) is 48.5 Å². The van der Waals surface area contributed by atoms with Crippen LogP contribution in [0.15, 0.2) is 299 Å². The molecular weight excluding hydrogens is 1790 g/mol. The van der Waals surface area contributed by atoms with E-state index >= 15 is 0 Å². The van der Waals surface area contributed by atoms with Crippen LogP contribution < -0.4 is 33.6 Å². The molecule has 28 heteroatoms. The number of aromatic hydroxyl groups is 1. The van der Waals surface area contributed by atoms with Crippen molar-refractivity contribution < 1.29 is 57.2 Å². The largest absolute Gasteiger partial charge is 0.508 e. The summed E-state index contributed by atoms with van der Waals surface area (Å²) in [6.07, 6.45) is 18.1. The van der Waals surface area contributed by atoms with Crippen molar-refractivity contribution in [2.45, 2.75) is 145 Å². The molecule has 1 unspecified atom stereocenters. The first-order chi connectivity index (χ1) is 65.6. The monoisotopic (exact) mass is 1910 g/mol. The molecule has 135 heavy (non-hydrogen) atoms. The minimum absolute atomic E-state index is 0.0197. The van der Waals surface area contributed by atoms with E-state index in [0.29, 0.717) is 122 Å². The fourth-order valence-corrected chi connectivity index (χ4v) is 17.0. The quantitative estimate of drug-likeness (QED) is 0.0375. The number of imidazole rings is 1. The Balaban J connectivity index is 0.000000168. The summed E-state index contributed by atoms with van der Waals surface area (Å²) in [5.74, 6) is 6.05. The van der Waals surface area contributed by atoms with Crippen molar-refractivity contribution in [3.8, 4) is 34.8 Å². The normalized spacial score (nSPS) is 10.8. The van der Waals surface area contributed by atoms with Crippen LogP contribution in [0, 0.1) is 31.1 Å². The van der Waals surface area contributed by atoms with E-state index in [2.05, 4.69) is 47.6 Å². The van der Waals surface area contributed by atoms with Crippen LogP contribution in [-0.4, -0.2) is 114 Å². The van der Waals surface area contributed by atoms with Gasteiger partial charge in [-0.2, -0.15) is 5.26 Å². The smallest absolute Gasteiger partial charge is 0.289 e. The molecule has 6 aromatic carbocycles. The number of carbonyl (C=O) groups excluding carboxylic acids is 6. The number of fused-ring (bicyclic) bond motifs is 1. The summed E-state index contributed by atoms with van der Waals surface area (Å²) in [6.45, 7) is 20.5. The average Bonchev–Trinajstić information content (AvgIpc) is 1.65. The van der Waals surface area contributed by atoms with E-state index in [1.807, 2.05) is 273 Å². The third-order valence-electron chi connectivity index (χ3n) is 21.3. The number of anilines is 3. The van der Waals surface area contributed by atoms with Gasteiger partial charge in [0.1, 0.15) is 45.9 Å². The average molecular weight is 1910 g/mol. The SMILES string of the molecule is CC(C)c1ccc(OCC(=O)N(Cc2cccs2)c2ccccn2)cc1.CCCCC(CC)CCC(=O)CCc1ccc(O)cc1.CCN(Cc1cccs1)C(=O)COc1cccc(C#N)c1.CCN(Cc1cccs1)C(=O)c1cc2ccccc2o1.Cc1ccc(OCC(=O)N(Cc2cccs2)c2cnccn2)cc1.Cc1ccc(OCC(=O)N(Cc2cccs2)c2nccn2C)cc1. The van der Waals surface area contributed by atoms with Crippen LogP contribution in [0.5, 0.6) is 28.7 Å². The van der Waals surface area contributed by atoms with Gasteiger partial charge in [0.05, 0.1) is 50.6 Å². The van der Waals surface area contributed by atoms with Crippen LogP contribution in [0.25, 0.3) is 11.0 Å². The molecule has 0 aliphatic rings. The van der Waals surface area contributed by atoms with E-state index in [-0.39, 0.29) is 61.7 Å². The zero-order chi connectivity index (χ0) is 95.9. The minimum Gasteiger partial charge on any atom is -0.508 e. The van der Waals surface area contributed by atoms with Crippen LogP contribution in [0.1, 0.15) is 155 Å². The third-order valence-corrected chi connectivity index (χ3v) is 25.6. The van der Waals surface area contributed by atoms with Gasteiger partial charge in [0.25, 0.3) is 29.5 Å². The second-order valence-electron chi connectivity index (χ2n) is 31.6. The number of Topliss-reactive ketones (excluding diaryl/α,β-unsaturated/α-hetero) is 1. The molecule has 1 N–H and O–H groups in total. The molecule has 0 aliphatic heterocycles. The molecule has 15 aromatic rings. The predicted molar refractivity (Wildman–Crippen MR) is 542 cm³/mol. The highest BCUT2D eigenvalue weighted by atomic mass is 32.1. The Morgan fingerprint density at radius 3 is 1.47 bits per heavy atom. The zero-order valence-corrected chi connectivity index (χ0v) is 81.9. The lowest BCUT2D eigenvalue weighted by Gasteiger charge is -2.21. The highest BCUT2D eigenvalue weighted by molar-refractivity contribution is 7.11. The van der Waals surface area contributed by atoms with Crippen LogP contribution >= 0.6 is 56.7 Å². The van der Waals surface area contributed by atoms with Crippen molar-refractivity contribution in [3.63, 3.8) is 0 Å². The Labute approximate surface area is 811 Å². The Morgan fingerprint density at radius 1 is 0.481 bits per heavy atom. The molecule has 5 amide bonds. The number of unbranched alkanes of at least 4 members (excludes halogenated alkanes) is 1. The summed E-state index contributed by atoms with van der Waals surface area (Å²) >= 11 is 8.12. The number of nitriles is 1. The minimum atomic E-state index is -0.163. The molecule has 0 bridgehead atoms. The van der Waals surface area contributed by atoms with Crippen LogP contribution in [0.4, 0.5) is 17.6 Å². The van der Waals surface area contributed by atoms with Gasteiger partial charge < -0.3 is 42.8 Å². The number of aryl methyl sites for hydroxylation is 4. The number of likely N-dealkylation sites (N-methyl/N-ethyl adjacent to an activating group) is 1. The van der Waals surface area contributed by atoms with E-state index in [1.54, 1.807) is 149 Å². The van der Waals surface area contributed by atoms with Gasteiger partial charge in [-0.05, 0) is 212 Å². The Kier molecular flexibility index (Phi) is 43.2. The van der Waals surface area contributed by atoms with Crippen LogP contribution in [0.3, 0.4) is 0 Å². The Morgan fingerprint density at radius 2 is 0.985 bits per heavy atom. The van der Waals surface area contributed by atoms with Crippen LogP contribution in [0.2, 0.25) is 0 Å². The number of rotatable bonds is 39. The molecule has 0 saturated heterocycles. The second kappa shape index (κ2) is 56.4. The van der Waals surface area contributed by atoms with E-state index in [4.69, 9.17) is 28.6 Å². The first-order valence-electron chi connectivity index (χ1n) is 44.9. The van der Waals surface area contributed by atoms with Crippen molar-refractivity contribution >= 4 is 121 Å². The summed E-state index contributed by atoms with van der Waals surface area (Å²) < 4.78 is 29.9. The number of hydrogen-bond donors (Lipinski definition) is 1. The number of nitrogens with zero attached hydrogens (tertiary/aromatic N) is 11. The summed E-state index contributed by atoms with van der Waals surface area (Å²) in [5.41, 5.74) is 5.94. The number of ketones is 1. The van der Waals surface area contributed by atoms with Crippen molar-refractivity contribution in [2.24, 2.45) is 13.0 Å². The lowest BCUT2D eigenvalue weighted by atomic mass is 9.92. The molecule has 0 saturated carbocycles. The summed E-state index contributed by atoms with van der Waals surface area (Å²) in [7, 11) is 1.87. The van der Waals surface area contributed by atoms with Crippen LogP contribution in [-0.2, 0) is 70.2 Å². The van der Waals surface area contributed by atoms with Crippen molar-refractivity contribution in [1.29, 1.82) is 5.26 Å². The van der Waals surface area contributed by atoms with Gasteiger partial charge in [0.15, 0.2) is 38.0 Å². The number of amides is 5. The van der Waals surface area contributed by atoms with Gasteiger partial charge >= 0.3 is 0 Å². The van der Waals surface area contributed by atoms with Gasteiger partial charge in [0, 0.05) is 93.7 Å². The highest BCUT2D eigenvalue weighted by Gasteiger charge is 2.25. The van der Waals surface area contributed by atoms with E-state index in [0.717, 1.165) is 66.4 Å². The predicted octanol–water partition coefficient (Wildman–Crippen LogP) is 23.8. The number of phenolic OH excluding ortho intramolecular Hbond substituents is 1. The lowest BCUT2D eigenvalue weighted by Crippen LogP contribution is -2.36. The molecule has 0 spiro atoms. The molecule has 23 nitrogen and oxygen atoms in total. The fourth-order valence-electron chi connectivity index (χ4n) is 13.5. The number of carbonyl (C=O) groups is 6. The topological polar surface area (TPSA) is 269 Å². The number of benzene rings is 6. The molecule has 9 heterocycles. The second-order valence-corrected chi connectivity index (χ2v) is 36.8. The maximum atomic E-state index is 12.8.